The number of aliphatic hydroxyl groups excluding tert-OH is 1. The molecule has 0 aliphatic carbocycles. The lowest BCUT2D eigenvalue weighted by atomic mass is 10.0. The number of H-pyrrole nitrogens is 1. The molecule has 0 unspecified atom stereocenters. The lowest BCUT2D eigenvalue weighted by molar-refractivity contribution is 0.161. The second kappa shape index (κ2) is 6.65. The molecule has 0 spiro atoms. The van der Waals surface area contributed by atoms with Crippen molar-refractivity contribution in [1.29, 1.82) is 5.41 Å². The molecule has 3 aromatic rings. The molecule has 1 aromatic heterocycles. The van der Waals surface area contributed by atoms with E-state index in [0.29, 0.717) is 24.5 Å². The van der Waals surface area contributed by atoms with Gasteiger partial charge in [-0.15, -0.1) is 0 Å². The molecule has 1 atom stereocenters. The number of nitrogens with one attached hydrogen (secondary N) is 2. The zero-order valence-electron chi connectivity index (χ0n) is 14.4. The Kier molecular flexibility index (Phi) is 4.18. The van der Waals surface area contributed by atoms with E-state index in [1.165, 1.54) is 0 Å². The number of rotatable bonds is 5. The van der Waals surface area contributed by atoms with E-state index in [0.717, 1.165) is 16.6 Å². The summed E-state index contributed by atoms with van der Waals surface area (Å²) in [5, 5.41) is 19.7. The molecule has 4 rings (SSSR count). The van der Waals surface area contributed by atoms with E-state index in [1.54, 1.807) is 7.11 Å². The van der Waals surface area contributed by atoms with Crippen LogP contribution in [-0.2, 0) is 4.74 Å². The summed E-state index contributed by atoms with van der Waals surface area (Å²) in [5.41, 5.74) is 3.05. The standard InChI is InChI=1S/C20H20N4O2/c1-26-12-11-24-17(13-7-3-2-4-8-13)18(25)16(19(24)21)20-22-14-9-5-6-10-15(14)23-20/h2-10,17,21,25H,11-12H2,1H3,(H,22,23)/t17-/m1/s1. The van der Waals surface area contributed by atoms with Gasteiger partial charge in [0.1, 0.15) is 23.5 Å². The molecule has 0 bridgehead atoms. The monoisotopic (exact) mass is 348 g/mol. The Morgan fingerprint density at radius 1 is 1.15 bits per heavy atom. The summed E-state index contributed by atoms with van der Waals surface area (Å²) in [5.74, 6) is 0.887. The molecule has 1 aliphatic heterocycles. The van der Waals surface area contributed by atoms with Crippen LogP contribution in [0.1, 0.15) is 17.4 Å². The zero-order valence-corrected chi connectivity index (χ0v) is 14.4. The predicted molar refractivity (Wildman–Crippen MR) is 101 cm³/mol. The minimum absolute atomic E-state index is 0.136. The van der Waals surface area contributed by atoms with E-state index in [9.17, 15) is 5.11 Å². The van der Waals surface area contributed by atoms with Gasteiger partial charge in [0.2, 0.25) is 0 Å². The van der Waals surface area contributed by atoms with Gasteiger partial charge in [0.05, 0.1) is 23.2 Å². The Labute approximate surface area is 151 Å². The maximum absolute atomic E-state index is 11.0. The first-order chi connectivity index (χ1) is 12.7. The van der Waals surface area contributed by atoms with Crippen molar-refractivity contribution in [3.8, 4) is 0 Å². The number of nitrogens with zero attached hydrogens (tertiary/aromatic N) is 2. The first kappa shape index (κ1) is 16.4. The van der Waals surface area contributed by atoms with Crippen LogP contribution in [0, 0.1) is 5.41 Å². The molecular weight excluding hydrogens is 328 g/mol. The number of hydrogen-bond acceptors (Lipinski definition) is 4. The van der Waals surface area contributed by atoms with Gasteiger partial charge in [-0.2, -0.15) is 0 Å². The summed E-state index contributed by atoms with van der Waals surface area (Å²) in [4.78, 5) is 9.63. The summed E-state index contributed by atoms with van der Waals surface area (Å²) >= 11 is 0. The highest BCUT2D eigenvalue weighted by atomic mass is 16.5. The number of para-hydroxylation sites is 2. The molecule has 26 heavy (non-hydrogen) atoms. The topological polar surface area (TPSA) is 85.2 Å². The molecule has 6 nitrogen and oxygen atoms in total. The van der Waals surface area contributed by atoms with Gasteiger partial charge in [0.15, 0.2) is 0 Å². The molecule has 3 N–H and O–H groups in total. The summed E-state index contributed by atoms with van der Waals surface area (Å²) < 4.78 is 5.20. The number of benzene rings is 2. The number of amidine groups is 1. The molecule has 0 saturated heterocycles. The minimum atomic E-state index is -0.415. The molecule has 0 saturated carbocycles. The van der Waals surface area contributed by atoms with Crippen molar-refractivity contribution >= 4 is 22.4 Å². The third-order valence-electron chi connectivity index (χ3n) is 4.63. The number of hydrogen-bond donors (Lipinski definition) is 3. The largest absolute Gasteiger partial charge is 0.509 e. The number of fused-ring (bicyclic) bond motifs is 1. The van der Waals surface area contributed by atoms with Crippen molar-refractivity contribution in [2.75, 3.05) is 20.3 Å². The Morgan fingerprint density at radius 3 is 2.62 bits per heavy atom. The first-order valence-corrected chi connectivity index (χ1v) is 8.48. The fraction of sp³-hybridized carbons (Fsp3) is 0.200. The van der Waals surface area contributed by atoms with Crippen molar-refractivity contribution < 1.29 is 9.84 Å². The van der Waals surface area contributed by atoms with Crippen LogP contribution in [0.5, 0.6) is 0 Å². The predicted octanol–water partition coefficient (Wildman–Crippen LogP) is 3.51. The number of ether oxygens (including phenoxy) is 1. The Bertz CT molecular complexity index is 945. The zero-order chi connectivity index (χ0) is 18.1. The van der Waals surface area contributed by atoms with Crippen molar-refractivity contribution in [1.82, 2.24) is 14.9 Å². The third-order valence-corrected chi connectivity index (χ3v) is 4.63. The summed E-state index contributed by atoms with van der Waals surface area (Å²) in [6, 6.07) is 17.0. The van der Waals surface area contributed by atoms with E-state index < -0.39 is 6.04 Å². The lowest BCUT2D eigenvalue weighted by Gasteiger charge is -2.27. The van der Waals surface area contributed by atoms with Gasteiger partial charge in [0, 0.05) is 13.7 Å². The molecule has 0 fully saturated rings. The average Bonchev–Trinajstić information content (AvgIpc) is 3.18. The quantitative estimate of drug-likeness (QED) is 0.659. The van der Waals surface area contributed by atoms with Gasteiger partial charge in [-0.25, -0.2) is 4.98 Å². The van der Waals surface area contributed by atoms with Crippen molar-refractivity contribution in [2.45, 2.75) is 6.04 Å². The number of aromatic nitrogens is 2. The molecule has 2 heterocycles. The summed E-state index contributed by atoms with van der Waals surface area (Å²) in [6.07, 6.45) is 0. The van der Waals surface area contributed by atoms with Crippen LogP contribution in [0.3, 0.4) is 0 Å². The van der Waals surface area contributed by atoms with E-state index >= 15 is 0 Å². The normalized spacial score (nSPS) is 17.5. The van der Waals surface area contributed by atoms with Crippen molar-refractivity contribution in [3.63, 3.8) is 0 Å². The van der Waals surface area contributed by atoms with Crippen LogP contribution >= 0.6 is 0 Å². The SMILES string of the molecule is COCCN1C(=N)C(c2nc3ccccc3[nH]2)=C(O)[C@H]1c1ccccc1. The van der Waals surface area contributed by atoms with Crippen LogP contribution in [0.25, 0.3) is 16.6 Å². The molecule has 0 radical (unpaired) electrons. The van der Waals surface area contributed by atoms with Crippen LogP contribution in [0.2, 0.25) is 0 Å². The van der Waals surface area contributed by atoms with Gasteiger partial charge in [-0.05, 0) is 17.7 Å². The Morgan fingerprint density at radius 2 is 1.88 bits per heavy atom. The Hall–Kier alpha value is -3.12. The molecule has 0 amide bonds. The summed E-state index contributed by atoms with van der Waals surface area (Å²) in [7, 11) is 1.63. The van der Waals surface area contributed by atoms with Gasteiger partial charge >= 0.3 is 0 Å². The van der Waals surface area contributed by atoms with E-state index in [-0.39, 0.29) is 11.6 Å². The fourth-order valence-electron chi connectivity index (χ4n) is 3.39. The highest BCUT2D eigenvalue weighted by molar-refractivity contribution is 6.23. The molecule has 1 aliphatic rings. The first-order valence-electron chi connectivity index (χ1n) is 8.48. The molecular formula is C20H20N4O2. The van der Waals surface area contributed by atoms with E-state index in [4.69, 9.17) is 10.1 Å². The highest BCUT2D eigenvalue weighted by Crippen LogP contribution is 2.40. The maximum atomic E-state index is 11.0. The van der Waals surface area contributed by atoms with Crippen LogP contribution in [-0.4, -0.2) is 46.1 Å². The van der Waals surface area contributed by atoms with Gasteiger partial charge in [-0.3, -0.25) is 5.41 Å². The van der Waals surface area contributed by atoms with Gasteiger partial charge in [0.25, 0.3) is 0 Å². The van der Waals surface area contributed by atoms with E-state index in [1.807, 2.05) is 59.5 Å². The maximum Gasteiger partial charge on any atom is 0.145 e. The fourth-order valence-corrected chi connectivity index (χ4v) is 3.39. The van der Waals surface area contributed by atoms with Crippen LogP contribution in [0.15, 0.2) is 60.4 Å². The molecule has 132 valence electrons. The second-order valence-corrected chi connectivity index (χ2v) is 6.21. The average molecular weight is 348 g/mol. The van der Waals surface area contributed by atoms with Gasteiger partial charge < -0.3 is 19.7 Å². The third kappa shape index (κ3) is 2.64. The lowest BCUT2D eigenvalue weighted by Crippen LogP contribution is -2.32. The minimum Gasteiger partial charge on any atom is -0.509 e. The van der Waals surface area contributed by atoms with Crippen LogP contribution < -0.4 is 0 Å². The number of imidazole rings is 1. The Balaban J connectivity index is 1.81. The van der Waals surface area contributed by atoms with Crippen molar-refractivity contribution in [3.05, 3.63) is 71.7 Å². The van der Waals surface area contributed by atoms with E-state index in [2.05, 4.69) is 9.97 Å². The number of aromatic amines is 1. The summed E-state index contributed by atoms with van der Waals surface area (Å²) in [6.45, 7) is 0.967. The van der Waals surface area contributed by atoms with Crippen LogP contribution in [0.4, 0.5) is 0 Å². The number of methoxy groups -OCH3 is 1. The number of aliphatic hydroxyl groups is 1. The van der Waals surface area contributed by atoms with Gasteiger partial charge in [-0.1, -0.05) is 42.5 Å². The smallest absolute Gasteiger partial charge is 0.145 e. The van der Waals surface area contributed by atoms with Crippen molar-refractivity contribution in [2.24, 2.45) is 0 Å². The molecule has 6 heteroatoms. The highest BCUT2D eigenvalue weighted by Gasteiger charge is 2.39. The molecule has 2 aromatic carbocycles. The second-order valence-electron chi connectivity index (χ2n) is 6.21.